The van der Waals surface area contributed by atoms with Crippen molar-refractivity contribution < 1.29 is 87.3 Å². The van der Waals surface area contributed by atoms with Crippen LogP contribution in [-0.2, 0) is 56.1 Å². The summed E-state index contributed by atoms with van der Waals surface area (Å²) in [4.78, 5) is 130. The summed E-state index contributed by atoms with van der Waals surface area (Å²) >= 11 is 19.8. The maximum absolute atomic E-state index is 13.1. The molecule has 12 rings (SSSR count). The predicted octanol–water partition coefficient (Wildman–Crippen LogP) is 14.9. The number of amides is 4. The first-order chi connectivity index (χ1) is 51.2. The van der Waals surface area contributed by atoms with Gasteiger partial charge in [0.05, 0.1) is 59.4 Å². The lowest BCUT2D eigenvalue weighted by Crippen LogP contribution is -2.33. The summed E-state index contributed by atoms with van der Waals surface area (Å²) in [5.41, 5.74) is 7.68. The second-order valence-electron chi connectivity index (χ2n) is 22.9. The molecule has 1 aliphatic carbocycles. The molecule has 5 heterocycles. The van der Waals surface area contributed by atoms with Crippen LogP contribution >= 0.6 is 79.2 Å². The first kappa shape index (κ1) is 79.8. The van der Waals surface area contributed by atoms with Gasteiger partial charge in [0.25, 0.3) is 23.0 Å². The molecule has 0 unspecified atom stereocenters. The number of ketones is 2. The number of hydrogen-bond acceptors (Lipinski definition) is 20. The number of fused-ring (bicyclic) bond motifs is 1. The van der Waals surface area contributed by atoms with Crippen molar-refractivity contribution >= 4 is 184 Å². The number of allylic oxidation sites excluding steroid dienone is 3. The summed E-state index contributed by atoms with van der Waals surface area (Å²) in [5, 5.41) is 38.0. The SMILES string of the molecule is CCn1c(C)c(C(=O)OC)c(C=C2C(=O)C=Cc3ccccc32)c1O.COC(=O)C1=C(C)N(c2ccc(Br)cc2)C(=O)/C1=C\c1ccccc1O.O=C(O)COc1ccc(/C=C2\SC(=O)N(CC(=O)c3ccc(Cl)cc3)C2=O)cc1.O=C(O)COc1ccc(Br)cc1/C=C1\SC(=S)N(Cc2cccnc2)C1=O. The number of phenols is 1. The van der Waals surface area contributed by atoms with Crippen LogP contribution in [0.25, 0.3) is 36.0 Å². The Kier molecular flexibility index (Phi) is 27.3. The number of aromatic nitrogens is 2. The third-order valence-corrected chi connectivity index (χ3v) is 19.6. The molecule has 107 heavy (non-hydrogen) atoms. The van der Waals surface area contributed by atoms with E-state index in [9.17, 15) is 58.2 Å². The number of carbonyl (C=O) groups excluding carboxylic acids is 8. The van der Waals surface area contributed by atoms with Gasteiger partial charge in [0.2, 0.25) is 0 Å². The molecular formula is C78H62Br2ClN5O18S3. The number of esters is 2. The minimum absolute atomic E-state index is 0.0248. The second kappa shape index (κ2) is 36.6. The molecule has 8 aromatic rings. The number of ether oxygens (including phenoxy) is 4. The molecule has 2 aromatic heterocycles. The molecule has 6 aromatic carbocycles. The largest absolute Gasteiger partial charge is 0.507 e. The zero-order valence-corrected chi connectivity index (χ0v) is 63.6. The zero-order chi connectivity index (χ0) is 77.3. The van der Waals surface area contributed by atoms with E-state index in [4.69, 9.17) is 53.0 Å². The Morgan fingerprint density at radius 1 is 0.654 bits per heavy atom. The van der Waals surface area contributed by atoms with Gasteiger partial charge in [-0.25, -0.2) is 19.2 Å². The lowest BCUT2D eigenvalue weighted by Gasteiger charge is -2.18. The molecule has 3 aliphatic heterocycles. The average Bonchev–Trinajstić information content (AvgIpc) is 1.65. The zero-order valence-electron chi connectivity index (χ0n) is 57.2. The van der Waals surface area contributed by atoms with Crippen LogP contribution in [0.15, 0.2) is 206 Å². The third-order valence-electron chi connectivity index (χ3n) is 16.0. The number of phenolic OH excluding ortho intramolecular Hbond substituents is 1. The van der Waals surface area contributed by atoms with E-state index in [1.54, 1.807) is 140 Å². The van der Waals surface area contributed by atoms with Gasteiger partial charge in [-0.1, -0.05) is 134 Å². The van der Waals surface area contributed by atoms with Crippen molar-refractivity contribution in [1.82, 2.24) is 19.4 Å². The van der Waals surface area contributed by atoms with Crippen molar-refractivity contribution in [3.05, 3.63) is 267 Å². The van der Waals surface area contributed by atoms with Crippen molar-refractivity contribution in [2.45, 2.75) is 33.9 Å². The summed E-state index contributed by atoms with van der Waals surface area (Å²) < 4.78 is 23.8. The van der Waals surface area contributed by atoms with Gasteiger partial charge in [-0.3, -0.25) is 48.5 Å². The molecule has 4 N–H and O–H groups in total. The first-order valence-electron chi connectivity index (χ1n) is 31.9. The molecule has 0 spiro atoms. The highest BCUT2D eigenvalue weighted by Crippen LogP contribution is 2.40. The van der Waals surface area contributed by atoms with Crippen molar-refractivity contribution in [2.24, 2.45) is 0 Å². The van der Waals surface area contributed by atoms with Crippen molar-refractivity contribution in [1.29, 1.82) is 0 Å². The number of aliphatic carboxylic acids is 2. The Hall–Kier alpha value is -11.3. The van der Waals surface area contributed by atoms with Gasteiger partial charge in [0, 0.05) is 72.2 Å². The van der Waals surface area contributed by atoms with Crippen molar-refractivity contribution in [2.75, 3.05) is 38.9 Å². The Balaban J connectivity index is 0.000000165. The van der Waals surface area contributed by atoms with Crippen LogP contribution in [0.4, 0.5) is 10.5 Å². The fourth-order valence-corrected chi connectivity index (χ4v) is 13.7. The highest BCUT2D eigenvalue weighted by atomic mass is 79.9. The van der Waals surface area contributed by atoms with E-state index in [0.717, 1.165) is 42.3 Å². The van der Waals surface area contributed by atoms with Crippen LogP contribution in [0.2, 0.25) is 5.02 Å². The summed E-state index contributed by atoms with van der Waals surface area (Å²) in [5.74, 6) is -4.24. The second-order valence-corrected chi connectivity index (χ2v) is 27.8. The number of hydrogen-bond donors (Lipinski definition) is 4. The van der Waals surface area contributed by atoms with Gasteiger partial charge in [-0.05, 0) is 176 Å². The number of methoxy groups -OCH3 is 2. The normalized spacial score (nSPS) is 15.2. The van der Waals surface area contributed by atoms with Gasteiger partial charge in [-0.2, -0.15) is 0 Å². The predicted molar refractivity (Wildman–Crippen MR) is 417 cm³/mol. The number of benzene rings is 6. The van der Waals surface area contributed by atoms with Crippen LogP contribution in [0, 0.1) is 6.92 Å². The number of pyridine rings is 1. The number of anilines is 1. The fraction of sp³-hybridized carbons (Fsp3) is 0.128. The number of Topliss-reactive ketones (excluding diaryl/α,β-unsaturated/α-hetero) is 1. The molecule has 4 aliphatic rings. The number of para-hydroxylation sites is 1. The number of nitrogens with zero attached hydrogens (tertiary/aromatic N) is 5. The van der Waals surface area contributed by atoms with Crippen LogP contribution < -0.4 is 14.4 Å². The lowest BCUT2D eigenvalue weighted by molar-refractivity contribution is -0.140. The van der Waals surface area contributed by atoms with E-state index in [1.165, 1.54) is 72.2 Å². The number of aromatic hydroxyl groups is 2. The summed E-state index contributed by atoms with van der Waals surface area (Å²) in [6, 6.07) is 42.7. The topological polar surface area (TPSA) is 316 Å². The van der Waals surface area contributed by atoms with Crippen molar-refractivity contribution in [3.8, 4) is 23.1 Å². The highest BCUT2D eigenvalue weighted by molar-refractivity contribution is 9.10. The number of carboxylic acid groups (broad SMARTS) is 2. The number of imide groups is 1. The number of carboxylic acids is 2. The van der Waals surface area contributed by atoms with Crippen LogP contribution in [0.3, 0.4) is 0 Å². The molecule has 0 atom stereocenters. The number of rotatable bonds is 19. The van der Waals surface area contributed by atoms with E-state index >= 15 is 0 Å². The minimum Gasteiger partial charge on any atom is -0.507 e. The smallest absolute Gasteiger partial charge is 0.341 e. The van der Waals surface area contributed by atoms with E-state index < -0.39 is 48.2 Å². The van der Waals surface area contributed by atoms with Crippen molar-refractivity contribution in [3.63, 3.8) is 0 Å². The van der Waals surface area contributed by atoms with Crippen LogP contribution in [-0.4, -0.2) is 136 Å². The number of thiocarbonyl (C=S) groups is 1. The Labute approximate surface area is 648 Å². The van der Waals surface area contributed by atoms with Crippen LogP contribution in [0.1, 0.15) is 79.2 Å². The Morgan fingerprint density at radius 2 is 1.30 bits per heavy atom. The summed E-state index contributed by atoms with van der Waals surface area (Å²) in [7, 11) is 2.57. The highest BCUT2D eigenvalue weighted by Gasteiger charge is 2.39. The monoisotopic (exact) mass is 1650 g/mol. The Bertz CT molecular complexity index is 5080. The van der Waals surface area contributed by atoms with E-state index in [0.29, 0.717) is 89.3 Å². The summed E-state index contributed by atoms with van der Waals surface area (Å²) in [6.45, 7) is 4.86. The molecule has 4 amide bonds. The standard InChI is InChI=1S/C20H16BrNO4.C20H14ClNO6S.C20H19NO4.C18H13BrN2O4S2/c1-12-18(20(25)26-2)16(11-13-5-3-4-6-17(13)23)19(24)22(12)15-9-7-14(21)8-10-15;21-14-5-3-13(4-6-14)16(23)10-22-19(26)17(29-20(22)27)9-12-1-7-15(8-2-12)28-11-18(24)25;1-4-21-12(2)18(20(24)25-3)16(19(21)23)11-15-14-8-6-5-7-13(14)9-10-17(15)22;19-13-3-4-14(25-10-16(22)23)12(6-13)7-15-17(24)21(18(26)27-15)9-11-2-1-5-20-8-11/h3-11,23H,1-2H3;1-9H,10-11H2,(H,24,25);5-11,23H,4H2,1-3H3;1-8H,9-10H2,(H,22,23)/b16-11-;17-9-;;15-7-. The molecule has 2 saturated heterocycles. The van der Waals surface area contributed by atoms with Gasteiger partial charge >= 0.3 is 23.9 Å². The molecule has 0 radical (unpaired) electrons. The maximum atomic E-state index is 13.1. The molecule has 2 fully saturated rings. The lowest BCUT2D eigenvalue weighted by atomic mass is 9.90. The number of thioether (sulfide) groups is 2. The van der Waals surface area contributed by atoms with E-state index in [2.05, 4.69) is 36.8 Å². The van der Waals surface area contributed by atoms with Gasteiger partial charge in [0.1, 0.15) is 21.6 Å². The fourth-order valence-electron chi connectivity index (χ4n) is 10.9. The van der Waals surface area contributed by atoms with Gasteiger partial charge in [0.15, 0.2) is 30.7 Å². The maximum Gasteiger partial charge on any atom is 0.341 e. The molecule has 0 saturated carbocycles. The quantitative estimate of drug-likeness (QED) is 0.0253. The Morgan fingerprint density at radius 3 is 1.95 bits per heavy atom. The molecule has 546 valence electrons. The molecule has 29 heteroatoms. The molecular weight excluding hydrogens is 1590 g/mol. The summed E-state index contributed by atoms with van der Waals surface area (Å²) in [6.07, 6.45) is 12.9. The first-order valence-corrected chi connectivity index (χ1v) is 35.9. The number of carbonyl (C=O) groups is 10. The van der Waals surface area contributed by atoms with Gasteiger partial charge < -0.3 is 43.9 Å². The molecule has 0 bridgehead atoms. The van der Waals surface area contributed by atoms with Gasteiger partial charge in [-0.15, -0.1) is 0 Å². The number of halogens is 3. The van der Waals surface area contributed by atoms with E-state index in [-0.39, 0.29) is 63.2 Å². The molecule has 23 nitrogen and oxygen atoms in total. The van der Waals surface area contributed by atoms with Crippen LogP contribution in [0.5, 0.6) is 23.1 Å². The third kappa shape index (κ3) is 19.8. The average molecular weight is 1650 g/mol. The minimum atomic E-state index is -1.09. The van der Waals surface area contributed by atoms with E-state index in [1.807, 2.05) is 49.4 Å².